The zero-order valence-corrected chi connectivity index (χ0v) is 13.7. The van der Waals surface area contributed by atoms with Gasteiger partial charge in [0.1, 0.15) is 5.75 Å². The van der Waals surface area contributed by atoms with Gasteiger partial charge in [-0.3, -0.25) is 0 Å². The molecule has 0 saturated carbocycles. The van der Waals surface area contributed by atoms with E-state index in [0.717, 1.165) is 0 Å². The van der Waals surface area contributed by atoms with Crippen LogP contribution in [-0.4, -0.2) is 35.1 Å². The number of halogens is 4. The highest BCUT2D eigenvalue weighted by molar-refractivity contribution is 9.10. The van der Waals surface area contributed by atoms with Crippen molar-refractivity contribution in [3.63, 3.8) is 0 Å². The number of carboxylic acids is 1. The number of ether oxygens (including phenoxy) is 1. The lowest BCUT2D eigenvalue weighted by molar-refractivity contribution is -0.265. The Morgan fingerprint density at radius 2 is 1.86 bits per heavy atom. The van der Waals surface area contributed by atoms with Crippen LogP contribution < -0.4 is 4.74 Å². The highest BCUT2D eigenvalue weighted by Crippen LogP contribution is 2.42. The smallest absolute Gasteiger partial charge is 0.428 e. The van der Waals surface area contributed by atoms with Gasteiger partial charge in [-0.05, 0) is 39.0 Å². The molecule has 22 heavy (non-hydrogen) atoms. The predicted octanol–water partition coefficient (Wildman–Crippen LogP) is 3.50. The molecule has 1 atom stereocenters. The van der Waals surface area contributed by atoms with Gasteiger partial charge in [0.2, 0.25) is 0 Å². The normalized spacial score (nSPS) is 15.3. The first-order valence-corrected chi connectivity index (χ1v) is 7.01. The summed E-state index contributed by atoms with van der Waals surface area (Å²) in [6.45, 7) is 2.85. The zero-order chi connectivity index (χ0) is 17.3. The summed E-state index contributed by atoms with van der Waals surface area (Å²) in [5.74, 6) is -1.92. The van der Waals surface area contributed by atoms with Crippen molar-refractivity contribution in [3.05, 3.63) is 28.2 Å². The summed E-state index contributed by atoms with van der Waals surface area (Å²) in [5, 5.41) is 18.5. The first kappa shape index (κ1) is 18.8. The van der Waals surface area contributed by atoms with Gasteiger partial charge in [-0.15, -0.1) is 0 Å². The molecule has 0 aliphatic carbocycles. The molecule has 4 nitrogen and oxygen atoms in total. The standard InChI is InChI=1S/C14H16BrF3O4/c1-12(2,7-13(21,11(19)20)14(16,17)18)8-4-5-9(15)10(6-8)22-3/h4-6,21H,7H2,1-3H3,(H,19,20). The number of aliphatic carboxylic acids is 1. The fourth-order valence-electron chi connectivity index (χ4n) is 2.12. The molecule has 0 radical (unpaired) electrons. The Balaban J connectivity index is 3.26. The lowest BCUT2D eigenvalue weighted by atomic mass is 9.75. The quantitative estimate of drug-likeness (QED) is 0.815. The van der Waals surface area contributed by atoms with E-state index in [1.165, 1.54) is 27.0 Å². The largest absolute Gasteiger partial charge is 0.496 e. The minimum absolute atomic E-state index is 0.399. The summed E-state index contributed by atoms with van der Waals surface area (Å²) >= 11 is 3.23. The third kappa shape index (κ3) is 3.55. The van der Waals surface area contributed by atoms with E-state index in [1.807, 2.05) is 0 Å². The van der Waals surface area contributed by atoms with Crippen LogP contribution in [0.4, 0.5) is 13.2 Å². The Morgan fingerprint density at radius 1 is 1.32 bits per heavy atom. The maximum Gasteiger partial charge on any atom is 0.428 e. The van der Waals surface area contributed by atoms with Gasteiger partial charge in [0.15, 0.2) is 0 Å². The van der Waals surface area contributed by atoms with Crippen LogP contribution in [0.2, 0.25) is 0 Å². The predicted molar refractivity (Wildman–Crippen MR) is 77.0 cm³/mol. The fraction of sp³-hybridized carbons (Fsp3) is 0.500. The highest BCUT2D eigenvalue weighted by atomic mass is 79.9. The van der Waals surface area contributed by atoms with Crippen LogP contribution in [-0.2, 0) is 10.2 Å². The molecule has 1 aromatic rings. The number of methoxy groups -OCH3 is 1. The van der Waals surface area contributed by atoms with E-state index in [1.54, 1.807) is 12.1 Å². The van der Waals surface area contributed by atoms with Crippen LogP contribution in [0.5, 0.6) is 5.75 Å². The van der Waals surface area contributed by atoms with Crippen LogP contribution in [0.15, 0.2) is 22.7 Å². The number of hydrogen-bond acceptors (Lipinski definition) is 3. The van der Waals surface area contributed by atoms with Crippen LogP contribution in [0.1, 0.15) is 25.8 Å². The van der Waals surface area contributed by atoms with Crippen molar-refractivity contribution in [1.82, 2.24) is 0 Å². The summed E-state index contributed by atoms with van der Waals surface area (Å²) in [6, 6.07) is 4.64. The summed E-state index contributed by atoms with van der Waals surface area (Å²) in [5.41, 5.74) is -4.66. The molecule has 0 spiro atoms. The van der Waals surface area contributed by atoms with Crippen molar-refractivity contribution in [3.8, 4) is 5.75 Å². The lowest BCUT2D eigenvalue weighted by Gasteiger charge is -2.35. The average Bonchev–Trinajstić information content (AvgIpc) is 2.36. The molecule has 0 fully saturated rings. The van der Waals surface area contributed by atoms with Crippen LogP contribution in [0.3, 0.4) is 0 Å². The Labute approximate surface area is 134 Å². The second kappa shape index (κ2) is 6.08. The minimum atomic E-state index is -5.28. The number of benzene rings is 1. The molecule has 0 saturated heterocycles. The van der Waals surface area contributed by atoms with Gasteiger partial charge < -0.3 is 14.9 Å². The second-order valence-electron chi connectivity index (χ2n) is 5.57. The summed E-state index contributed by atoms with van der Waals surface area (Å²) < 4.78 is 44.5. The molecule has 0 bridgehead atoms. The van der Waals surface area contributed by atoms with E-state index >= 15 is 0 Å². The molecule has 0 heterocycles. The van der Waals surface area contributed by atoms with E-state index in [4.69, 9.17) is 9.84 Å². The molecule has 124 valence electrons. The van der Waals surface area contributed by atoms with Gasteiger partial charge in [0.25, 0.3) is 5.60 Å². The fourth-order valence-corrected chi connectivity index (χ4v) is 2.53. The Kier molecular flexibility index (Phi) is 5.18. The molecule has 1 rings (SSSR count). The van der Waals surface area contributed by atoms with Crippen molar-refractivity contribution in [2.45, 2.75) is 37.5 Å². The first-order valence-electron chi connectivity index (χ1n) is 6.21. The SMILES string of the molecule is COc1cc(C(C)(C)CC(O)(C(=O)O)C(F)(F)F)ccc1Br. The summed E-state index contributed by atoms with van der Waals surface area (Å²) in [6.07, 6.45) is -6.31. The van der Waals surface area contributed by atoms with Crippen LogP contribution in [0, 0.1) is 0 Å². The molecule has 0 aliphatic rings. The van der Waals surface area contributed by atoms with Gasteiger partial charge in [-0.1, -0.05) is 19.9 Å². The second-order valence-corrected chi connectivity index (χ2v) is 6.43. The van der Waals surface area contributed by atoms with E-state index in [-0.39, 0.29) is 0 Å². The molecular formula is C14H16BrF3O4. The minimum Gasteiger partial charge on any atom is -0.496 e. The van der Waals surface area contributed by atoms with E-state index in [0.29, 0.717) is 15.8 Å². The highest BCUT2D eigenvalue weighted by Gasteiger charge is 2.61. The topological polar surface area (TPSA) is 66.8 Å². The molecule has 2 N–H and O–H groups in total. The molecule has 1 unspecified atom stereocenters. The van der Waals surface area contributed by atoms with Gasteiger partial charge in [0.05, 0.1) is 11.6 Å². The maximum absolute atomic E-state index is 12.9. The average molecular weight is 385 g/mol. The number of aliphatic hydroxyl groups is 1. The van der Waals surface area contributed by atoms with Crippen molar-refractivity contribution in [2.24, 2.45) is 0 Å². The Bertz CT molecular complexity index is 572. The van der Waals surface area contributed by atoms with Crippen molar-refractivity contribution < 1.29 is 32.9 Å². The van der Waals surface area contributed by atoms with Gasteiger partial charge in [0, 0.05) is 6.42 Å². The Hall–Kier alpha value is -1.28. The van der Waals surface area contributed by atoms with E-state index in [2.05, 4.69) is 15.9 Å². The summed E-state index contributed by atoms with van der Waals surface area (Å²) in [7, 11) is 1.40. The van der Waals surface area contributed by atoms with Crippen molar-refractivity contribution in [2.75, 3.05) is 7.11 Å². The Morgan fingerprint density at radius 3 is 2.27 bits per heavy atom. The molecule has 0 aromatic heterocycles. The summed E-state index contributed by atoms with van der Waals surface area (Å²) in [4.78, 5) is 11.0. The number of carboxylic acid groups (broad SMARTS) is 1. The lowest BCUT2D eigenvalue weighted by Crippen LogP contribution is -2.55. The molecular weight excluding hydrogens is 369 g/mol. The number of rotatable bonds is 5. The van der Waals surface area contributed by atoms with E-state index in [9.17, 15) is 23.1 Å². The maximum atomic E-state index is 12.9. The molecule has 0 amide bonds. The number of carbonyl (C=O) groups is 1. The third-order valence-electron chi connectivity index (χ3n) is 3.45. The van der Waals surface area contributed by atoms with Gasteiger partial charge in [-0.2, -0.15) is 13.2 Å². The van der Waals surface area contributed by atoms with Gasteiger partial charge >= 0.3 is 12.1 Å². The van der Waals surface area contributed by atoms with Crippen LogP contribution >= 0.6 is 15.9 Å². The number of hydrogen-bond donors (Lipinski definition) is 2. The van der Waals surface area contributed by atoms with E-state index < -0.39 is 29.6 Å². The van der Waals surface area contributed by atoms with Gasteiger partial charge in [-0.25, -0.2) is 4.79 Å². The first-order chi connectivity index (χ1) is 9.85. The molecule has 1 aromatic carbocycles. The third-order valence-corrected chi connectivity index (χ3v) is 4.11. The molecule has 8 heteroatoms. The molecule has 0 aliphatic heterocycles. The zero-order valence-electron chi connectivity index (χ0n) is 12.2. The number of alkyl halides is 3. The van der Waals surface area contributed by atoms with Crippen LogP contribution in [0.25, 0.3) is 0 Å². The van der Waals surface area contributed by atoms with Crippen molar-refractivity contribution in [1.29, 1.82) is 0 Å². The van der Waals surface area contributed by atoms with Crippen molar-refractivity contribution >= 4 is 21.9 Å². The monoisotopic (exact) mass is 384 g/mol.